The fourth-order valence-electron chi connectivity index (χ4n) is 2.41. The standard InChI is InChI=1S/C13H20N2O2/c1-9-2-7-12(17-9)8-15-11-5-3-10(4-6-11)13(14)16/h2,7,10-11,15H,3-6,8H2,1H3,(H2,14,16). The number of nitrogens with one attached hydrogen (secondary N) is 1. The molecule has 0 saturated heterocycles. The maximum atomic E-state index is 11.0. The quantitative estimate of drug-likeness (QED) is 0.836. The monoisotopic (exact) mass is 236 g/mol. The fraction of sp³-hybridized carbons (Fsp3) is 0.615. The van der Waals surface area contributed by atoms with Gasteiger partial charge in [0.25, 0.3) is 0 Å². The van der Waals surface area contributed by atoms with Crippen LogP contribution >= 0.6 is 0 Å². The number of rotatable bonds is 4. The van der Waals surface area contributed by atoms with Gasteiger partial charge < -0.3 is 15.5 Å². The van der Waals surface area contributed by atoms with Crippen molar-refractivity contribution in [2.75, 3.05) is 0 Å². The first-order chi connectivity index (χ1) is 8.15. The molecular weight excluding hydrogens is 216 g/mol. The maximum Gasteiger partial charge on any atom is 0.220 e. The van der Waals surface area contributed by atoms with Gasteiger partial charge in [-0.25, -0.2) is 0 Å². The molecule has 0 spiro atoms. The summed E-state index contributed by atoms with van der Waals surface area (Å²) in [5.41, 5.74) is 5.31. The van der Waals surface area contributed by atoms with E-state index >= 15 is 0 Å². The van der Waals surface area contributed by atoms with E-state index in [2.05, 4.69) is 5.32 Å². The summed E-state index contributed by atoms with van der Waals surface area (Å²) in [6, 6.07) is 4.45. The van der Waals surface area contributed by atoms with E-state index in [-0.39, 0.29) is 11.8 Å². The topological polar surface area (TPSA) is 68.3 Å². The van der Waals surface area contributed by atoms with E-state index < -0.39 is 0 Å². The molecule has 1 aromatic rings. The summed E-state index contributed by atoms with van der Waals surface area (Å²) in [6.07, 6.45) is 3.86. The van der Waals surface area contributed by atoms with Crippen molar-refractivity contribution < 1.29 is 9.21 Å². The molecule has 1 heterocycles. The van der Waals surface area contributed by atoms with Gasteiger partial charge in [0.15, 0.2) is 0 Å². The highest BCUT2D eigenvalue weighted by molar-refractivity contribution is 5.76. The predicted molar refractivity (Wildman–Crippen MR) is 65.2 cm³/mol. The van der Waals surface area contributed by atoms with Crippen LogP contribution < -0.4 is 11.1 Å². The van der Waals surface area contributed by atoms with Crippen LogP contribution in [0.15, 0.2) is 16.5 Å². The zero-order valence-corrected chi connectivity index (χ0v) is 10.2. The van der Waals surface area contributed by atoms with E-state index in [0.717, 1.165) is 43.7 Å². The molecule has 1 aromatic heterocycles. The molecular formula is C13H20N2O2. The van der Waals surface area contributed by atoms with Crippen molar-refractivity contribution in [1.82, 2.24) is 5.32 Å². The SMILES string of the molecule is Cc1ccc(CNC2CCC(C(N)=O)CC2)o1. The van der Waals surface area contributed by atoms with Crippen LogP contribution in [0.5, 0.6) is 0 Å². The number of amides is 1. The molecule has 1 aliphatic carbocycles. The highest BCUT2D eigenvalue weighted by Gasteiger charge is 2.24. The van der Waals surface area contributed by atoms with Crippen LogP contribution in [0.1, 0.15) is 37.2 Å². The summed E-state index contributed by atoms with van der Waals surface area (Å²) < 4.78 is 5.50. The number of hydrogen-bond acceptors (Lipinski definition) is 3. The van der Waals surface area contributed by atoms with Gasteiger partial charge in [-0.3, -0.25) is 4.79 Å². The Bertz CT molecular complexity index is 379. The van der Waals surface area contributed by atoms with Crippen LogP contribution in [-0.4, -0.2) is 11.9 Å². The third-order valence-electron chi connectivity index (χ3n) is 3.49. The van der Waals surface area contributed by atoms with Crippen molar-refractivity contribution >= 4 is 5.91 Å². The Morgan fingerprint density at radius 2 is 2.12 bits per heavy atom. The smallest absolute Gasteiger partial charge is 0.220 e. The van der Waals surface area contributed by atoms with Crippen molar-refractivity contribution in [2.24, 2.45) is 11.7 Å². The Hall–Kier alpha value is -1.29. The lowest BCUT2D eigenvalue weighted by Crippen LogP contribution is -2.36. The van der Waals surface area contributed by atoms with Crippen LogP contribution in [-0.2, 0) is 11.3 Å². The van der Waals surface area contributed by atoms with Gasteiger partial charge in [0, 0.05) is 12.0 Å². The van der Waals surface area contributed by atoms with Gasteiger partial charge in [0.05, 0.1) is 6.54 Å². The third-order valence-corrected chi connectivity index (χ3v) is 3.49. The molecule has 17 heavy (non-hydrogen) atoms. The summed E-state index contributed by atoms with van der Waals surface area (Å²) in [5.74, 6) is 1.85. The van der Waals surface area contributed by atoms with Gasteiger partial charge in [-0.1, -0.05) is 0 Å². The second-order valence-corrected chi connectivity index (χ2v) is 4.84. The Balaban J connectivity index is 1.73. The van der Waals surface area contributed by atoms with E-state index in [9.17, 15) is 4.79 Å². The molecule has 4 nitrogen and oxygen atoms in total. The summed E-state index contributed by atoms with van der Waals surface area (Å²) in [5, 5.41) is 3.46. The van der Waals surface area contributed by atoms with E-state index in [1.807, 2.05) is 19.1 Å². The van der Waals surface area contributed by atoms with Crippen molar-refractivity contribution in [2.45, 2.75) is 45.2 Å². The average molecular weight is 236 g/mol. The highest BCUT2D eigenvalue weighted by atomic mass is 16.3. The highest BCUT2D eigenvalue weighted by Crippen LogP contribution is 2.24. The molecule has 0 atom stereocenters. The van der Waals surface area contributed by atoms with Crippen molar-refractivity contribution in [3.8, 4) is 0 Å². The first kappa shape index (κ1) is 12.2. The minimum Gasteiger partial charge on any atom is -0.465 e. The van der Waals surface area contributed by atoms with Gasteiger partial charge in [0.2, 0.25) is 5.91 Å². The number of primary amides is 1. The molecule has 4 heteroatoms. The molecule has 3 N–H and O–H groups in total. The molecule has 2 rings (SSSR count). The fourth-order valence-corrected chi connectivity index (χ4v) is 2.41. The number of aryl methyl sites for hydroxylation is 1. The molecule has 0 aliphatic heterocycles. The van der Waals surface area contributed by atoms with Crippen LogP contribution in [0.25, 0.3) is 0 Å². The molecule has 94 valence electrons. The number of carbonyl (C=O) groups is 1. The first-order valence-electron chi connectivity index (χ1n) is 6.23. The normalized spacial score (nSPS) is 24.8. The summed E-state index contributed by atoms with van der Waals surface area (Å²) in [6.45, 7) is 2.71. The lowest BCUT2D eigenvalue weighted by atomic mass is 9.85. The van der Waals surface area contributed by atoms with E-state index in [0.29, 0.717) is 6.04 Å². The molecule has 1 saturated carbocycles. The van der Waals surface area contributed by atoms with Gasteiger partial charge in [-0.2, -0.15) is 0 Å². The van der Waals surface area contributed by atoms with Crippen LogP contribution in [0.2, 0.25) is 0 Å². The largest absolute Gasteiger partial charge is 0.465 e. The Morgan fingerprint density at radius 3 is 2.65 bits per heavy atom. The summed E-state index contributed by atoms with van der Waals surface area (Å²) in [4.78, 5) is 11.0. The van der Waals surface area contributed by atoms with Crippen LogP contribution in [0, 0.1) is 12.8 Å². The Kier molecular flexibility index (Phi) is 3.84. The van der Waals surface area contributed by atoms with Crippen LogP contribution in [0.3, 0.4) is 0 Å². The number of hydrogen-bond donors (Lipinski definition) is 2. The molecule has 1 fully saturated rings. The molecule has 0 bridgehead atoms. The van der Waals surface area contributed by atoms with Crippen molar-refractivity contribution in [1.29, 1.82) is 0 Å². The van der Waals surface area contributed by atoms with Gasteiger partial charge in [-0.15, -0.1) is 0 Å². The second kappa shape index (κ2) is 5.36. The van der Waals surface area contributed by atoms with E-state index in [1.54, 1.807) is 0 Å². The molecule has 0 radical (unpaired) electrons. The van der Waals surface area contributed by atoms with Crippen LogP contribution in [0.4, 0.5) is 0 Å². The third kappa shape index (κ3) is 3.33. The van der Waals surface area contributed by atoms with E-state index in [4.69, 9.17) is 10.2 Å². The van der Waals surface area contributed by atoms with Crippen molar-refractivity contribution in [3.63, 3.8) is 0 Å². The number of carbonyl (C=O) groups excluding carboxylic acids is 1. The van der Waals surface area contributed by atoms with Gasteiger partial charge in [0.1, 0.15) is 11.5 Å². The summed E-state index contributed by atoms with van der Waals surface area (Å²) >= 11 is 0. The minimum atomic E-state index is -0.148. The lowest BCUT2D eigenvalue weighted by Gasteiger charge is -2.27. The molecule has 0 unspecified atom stereocenters. The zero-order chi connectivity index (χ0) is 12.3. The number of furan rings is 1. The predicted octanol–water partition coefficient (Wildman–Crippen LogP) is 1.72. The summed E-state index contributed by atoms with van der Waals surface area (Å²) in [7, 11) is 0. The average Bonchev–Trinajstić information content (AvgIpc) is 2.73. The van der Waals surface area contributed by atoms with Gasteiger partial charge in [-0.05, 0) is 44.7 Å². The maximum absolute atomic E-state index is 11.0. The van der Waals surface area contributed by atoms with E-state index in [1.165, 1.54) is 0 Å². The minimum absolute atomic E-state index is 0.0823. The Labute approximate surface area is 102 Å². The second-order valence-electron chi connectivity index (χ2n) is 4.84. The van der Waals surface area contributed by atoms with Crippen molar-refractivity contribution in [3.05, 3.63) is 23.7 Å². The molecule has 0 aromatic carbocycles. The Morgan fingerprint density at radius 1 is 1.41 bits per heavy atom. The molecule has 1 amide bonds. The lowest BCUT2D eigenvalue weighted by molar-refractivity contribution is -0.122. The number of nitrogens with two attached hydrogens (primary N) is 1. The van der Waals surface area contributed by atoms with Gasteiger partial charge >= 0.3 is 0 Å². The zero-order valence-electron chi connectivity index (χ0n) is 10.2. The first-order valence-corrected chi connectivity index (χ1v) is 6.23. The molecule has 1 aliphatic rings.